The summed E-state index contributed by atoms with van der Waals surface area (Å²) in [6, 6.07) is 1.17. The van der Waals surface area contributed by atoms with Gasteiger partial charge in [0.05, 0.1) is 23.2 Å². The summed E-state index contributed by atoms with van der Waals surface area (Å²) < 4.78 is 0. The Bertz CT molecular complexity index is 646. The first kappa shape index (κ1) is 22.2. The van der Waals surface area contributed by atoms with Crippen molar-refractivity contribution in [3.63, 3.8) is 0 Å². The van der Waals surface area contributed by atoms with E-state index >= 15 is 0 Å². The van der Waals surface area contributed by atoms with Crippen LogP contribution in [0.1, 0.15) is 67.2 Å². The van der Waals surface area contributed by atoms with Crippen molar-refractivity contribution in [2.24, 2.45) is 15.9 Å². The molecule has 0 N–H and O–H groups in total. The predicted molar refractivity (Wildman–Crippen MR) is 124 cm³/mol. The maximum absolute atomic E-state index is 5.24. The Kier molecular flexibility index (Phi) is 6.13. The van der Waals surface area contributed by atoms with E-state index in [0.29, 0.717) is 12.1 Å². The average Bonchev–Trinajstić information content (AvgIpc) is 3.06. The molecule has 3 atom stereocenters. The molecule has 0 amide bonds. The van der Waals surface area contributed by atoms with Crippen LogP contribution in [0.2, 0.25) is 0 Å². The lowest BCUT2D eigenvalue weighted by Crippen LogP contribution is -2.42. The summed E-state index contributed by atoms with van der Waals surface area (Å²) in [6.07, 6.45) is 4.96. The summed E-state index contributed by atoms with van der Waals surface area (Å²) in [7, 11) is 6.65. The maximum atomic E-state index is 5.24. The zero-order valence-electron chi connectivity index (χ0n) is 20.4. The van der Waals surface area contributed by atoms with Crippen LogP contribution >= 0.6 is 0 Å². The van der Waals surface area contributed by atoms with Crippen molar-refractivity contribution in [1.82, 2.24) is 19.6 Å². The number of nitrogens with zero attached hydrogens (tertiary/aromatic N) is 6. The molecule has 2 heterocycles. The van der Waals surface area contributed by atoms with Gasteiger partial charge in [0.1, 0.15) is 0 Å². The van der Waals surface area contributed by atoms with Gasteiger partial charge in [-0.15, -0.1) is 0 Å². The van der Waals surface area contributed by atoms with Crippen molar-refractivity contribution in [3.05, 3.63) is 0 Å². The van der Waals surface area contributed by atoms with Crippen molar-refractivity contribution in [3.8, 4) is 0 Å². The van der Waals surface area contributed by atoms with Crippen LogP contribution in [0, 0.1) is 5.92 Å². The van der Waals surface area contributed by atoms with Crippen LogP contribution in [-0.4, -0.2) is 95.5 Å². The Morgan fingerprint density at radius 3 is 2.14 bits per heavy atom. The Morgan fingerprint density at radius 2 is 1.52 bits per heavy atom. The van der Waals surface area contributed by atoms with E-state index in [1.54, 1.807) is 0 Å². The third-order valence-electron chi connectivity index (χ3n) is 6.85. The van der Waals surface area contributed by atoms with E-state index in [0.717, 1.165) is 32.0 Å². The van der Waals surface area contributed by atoms with Gasteiger partial charge in [0.25, 0.3) is 0 Å². The predicted octanol–water partition coefficient (Wildman–Crippen LogP) is 3.35. The number of hydrogen-bond donors (Lipinski definition) is 0. The Labute approximate surface area is 179 Å². The fraction of sp³-hybridized carbons (Fsp3) is 0.913. The van der Waals surface area contributed by atoms with Crippen LogP contribution in [0.5, 0.6) is 0 Å². The zero-order valence-corrected chi connectivity index (χ0v) is 20.4. The van der Waals surface area contributed by atoms with E-state index < -0.39 is 0 Å². The van der Waals surface area contributed by atoms with E-state index in [2.05, 4.69) is 82.3 Å². The van der Waals surface area contributed by atoms with Crippen LogP contribution in [0.4, 0.5) is 0 Å². The molecule has 6 heteroatoms. The molecule has 2 saturated heterocycles. The first-order chi connectivity index (χ1) is 13.4. The molecule has 0 bridgehead atoms. The number of rotatable bonds is 4. The Hall–Kier alpha value is -1.46. The van der Waals surface area contributed by atoms with Crippen LogP contribution in [0.25, 0.3) is 0 Å². The van der Waals surface area contributed by atoms with E-state index in [9.17, 15) is 0 Å². The first-order valence-electron chi connectivity index (χ1n) is 11.5. The highest BCUT2D eigenvalue weighted by atomic mass is 15.5. The Balaban J connectivity index is 1.70. The van der Waals surface area contributed by atoms with Crippen LogP contribution in [0.15, 0.2) is 9.98 Å². The molecular weight excluding hydrogens is 360 g/mol. The highest BCUT2D eigenvalue weighted by Crippen LogP contribution is 2.39. The highest BCUT2D eigenvalue weighted by Gasteiger charge is 2.45. The summed E-state index contributed by atoms with van der Waals surface area (Å²) in [6.45, 7) is 16.7. The fourth-order valence-corrected chi connectivity index (χ4v) is 5.46. The Morgan fingerprint density at radius 1 is 0.862 bits per heavy atom. The van der Waals surface area contributed by atoms with E-state index in [4.69, 9.17) is 9.98 Å². The monoisotopic (exact) mass is 404 g/mol. The minimum atomic E-state index is -0.0404. The highest BCUT2D eigenvalue weighted by molar-refractivity contribution is 5.83. The molecule has 3 fully saturated rings. The zero-order chi connectivity index (χ0) is 21.6. The molecule has 1 aliphatic carbocycles. The summed E-state index contributed by atoms with van der Waals surface area (Å²) in [5.41, 5.74) is -0.0639. The van der Waals surface area contributed by atoms with Gasteiger partial charge in [-0.1, -0.05) is 0 Å². The quantitative estimate of drug-likeness (QED) is 0.720. The summed E-state index contributed by atoms with van der Waals surface area (Å²) in [5.74, 6) is 3.07. The molecule has 0 radical (unpaired) electrons. The van der Waals surface area contributed by atoms with Gasteiger partial charge in [0.15, 0.2) is 11.9 Å². The lowest BCUT2D eigenvalue weighted by atomic mass is 9.77. The maximum Gasteiger partial charge on any atom is 0.197 e. The van der Waals surface area contributed by atoms with Crippen molar-refractivity contribution >= 4 is 11.9 Å². The molecule has 0 aromatic carbocycles. The fourth-order valence-electron chi connectivity index (χ4n) is 5.46. The molecule has 1 unspecified atom stereocenters. The van der Waals surface area contributed by atoms with Gasteiger partial charge in [-0.2, -0.15) is 0 Å². The second kappa shape index (κ2) is 7.99. The van der Waals surface area contributed by atoms with Crippen LogP contribution in [0.3, 0.4) is 0 Å². The number of hydrogen-bond acceptors (Lipinski definition) is 2. The lowest BCUT2D eigenvalue weighted by molar-refractivity contribution is 0.164. The number of fused-ring (bicyclic) bond motifs is 1. The minimum Gasteiger partial charge on any atom is -0.344 e. The number of guanidine groups is 2. The standard InChI is InChI=1S/C23H44N6/c1-10-29-14-13-26(7)20(29)25-23(5,6)16-17-11-12-18-19(15-17)28(9)21(27(18)8)24-22(2,3)4/h17-19H,10-16H2,1-9H3/t17?,18-,19+/m0/s1. The number of aliphatic imine (C=N–C) groups is 2. The van der Waals surface area contributed by atoms with Crippen molar-refractivity contribution in [2.45, 2.75) is 90.4 Å². The summed E-state index contributed by atoms with van der Waals surface area (Å²) >= 11 is 0. The van der Waals surface area contributed by atoms with E-state index in [-0.39, 0.29) is 11.1 Å². The summed E-state index contributed by atoms with van der Waals surface area (Å²) in [4.78, 5) is 19.9. The van der Waals surface area contributed by atoms with Gasteiger partial charge < -0.3 is 19.6 Å². The first-order valence-corrected chi connectivity index (χ1v) is 11.5. The molecular formula is C23H44N6. The molecule has 2 aliphatic heterocycles. The third-order valence-corrected chi connectivity index (χ3v) is 6.85. The molecule has 0 spiro atoms. The van der Waals surface area contributed by atoms with Gasteiger partial charge in [0.2, 0.25) is 0 Å². The smallest absolute Gasteiger partial charge is 0.197 e. The van der Waals surface area contributed by atoms with Gasteiger partial charge in [0, 0.05) is 40.8 Å². The molecule has 3 rings (SSSR count). The van der Waals surface area contributed by atoms with E-state index in [1.807, 2.05) is 0 Å². The normalized spacial score (nSPS) is 31.4. The SMILES string of the molecule is CCN1CCN(C)C1=NC(C)(C)CC1CC[C@H]2[C@@H](C1)N(C)C(=NC(C)(C)C)N2C. The molecule has 1 saturated carbocycles. The van der Waals surface area contributed by atoms with Crippen molar-refractivity contribution < 1.29 is 0 Å². The van der Waals surface area contributed by atoms with Gasteiger partial charge in [-0.25, -0.2) is 9.98 Å². The third kappa shape index (κ3) is 4.83. The molecule has 0 aromatic rings. The van der Waals surface area contributed by atoms with Crippen LogP contribution in [-0.2, 0) is 0 Å². The van der Waals surface area contributed by atoms with Gasteiger partial charge in [-0.05, 0) is 73.1 Å². The average molecular weight is 405 g/mol. The molecule has 3 aliphatic rings. The largest absolute Gasteiger partial charge is 0.344 e. The van der Waals surface area contributed by atoms with Gasteiger partial charge in [-0.3, -0.25) is 0 Å². The van der Waals surface area contributed by atoms with Crippen molar-refractivity contribution in [2.75, 3.05) is 40.8 Å². The topological polar surface area (TPSA) is 37.7 Å². The molecule has 29 heavy (non-hydrogen) atoms. The molecule has 166 valence electrons. The second-order valence-corrected chi connectivity index (χ2v) is 11.0. The second-order valence-electron chi connectivity index (χ2n) is 11.0. The molecule has 0 aromatic heterocycles. The van der Waals surface area contributed by atoms with Crippen LogP contribution < -0.4 is 0 Å². The number of likely N-dealkylation sites (N-methyl/N-ethyl adjacent to an activating group) is 4. The summed E-state index contributed by atoms with van der Waals surface area (Å²) in [5, 5.41) is 0. The molecule has 6 nitrogen and oxygen atoms in total. The van der Waals surface area contributed by atoms with Gasteiger partial charge >= 0.3 is 0 Å². The minimum absolute atomic E-state index is 0.0235. The van der Waals surface area contributed by atoms with Crippen molar-refractivity contribution in [1.29, 1.82) is 0 Å². The van der Waals surface area contributed by atoms with E-state index in [1.165, 1.54) is 31.2 Å². The lowest BCUT2D eigenvalue weighted by Gasteiger charge is -2.38.